The molecule has 0 aliphatic heterocycles. The lowest BCUT2D eigenvalue weighted by Crippen LogP contribution is -2.15. The number of benzene rings is 1. The van der Waals surface area contributed by atoms with Crippen molar-refractivity contribution in [3.63, 3.8) is 0 Å². The monoisotopic (exact) mass is 228 g/mol. The number of nitrogens with zero attached hydrogens (tertiary/aromatic N) is 1. The van der Waals surface area contributed by atoms with Gasteiger partial charge >= 0.3 is 0 Å². The molecule has 0 radical (unpaired) electrons. The van der Waals surface area contributed by atoms with Gasteiger partial charge in [-0.05, 0) is 37.9 Å². The molecular weight excluding hydrogens is 210 g/mol. The van der Waals surface area contributed by atoms with Crippen molar-refractivity contribution in [1.82, 2.24) is 0 Å². The minimum atomic E-state index is -0.380. The Morgan fingerprint density at radius 3 is 2.31 bits per heavy atom. The molecule has 1 rings (SSSR count). The number of unbranched alkanes of at least 4 members (excludes halogenated alkanes) is 1. The molecule has 0 fully saturated rings. The van der Waals surface area contributed by atoms with Crippen LogP contribution in [0.2, 0.25) is 0 Å². The van der Waals surface area contributed by atoms with Crippen LogP contribution in [0.25, 0.3) is 0 Å². The lowest BCUT2D eigenvalue weighted by atomic mass is 10.0. The first kappa shape index (κ1) is 12.9. The Kier molecular flexibility index (Phi) is 4.68. The number of anilines is 1. The molecule has 2 nitrogen and oxygen atoms in total. The molecule has 0 aliphatic carbocycles. The first-order chi connectivity index (χ1) is 7.57. The number of nitrogens with two attached hydrogens (primary N) is 1. The van der Waals surface area contributed by atoms with Crippen LogP contribution >= 0.6 is 0 Å². The quantitative estimate of drug-likeness (QED) is 0.784. The van der Waals surface area contributed by atoms with E-state index in [2.05, 4.69) is 0 Å². The van der Waals surface area contributed by atoms with Crippen LogP contribution in [-0.4, -0.2) is 20.6 Å². The Hall–Kier alpha value is -1.16. The van der Waals surface area contributed by atoms with Gasteiger partial charge in [-0.15, -0.1) is 0 Å². The van der Waals surface area contributed by atoms with Crippen LogP contribution in [0, 0.1) is 11.6 Å². The highest BCUT2D eigenvalue weighted by Gasteiger charge is 2.14. The lowest BCUT2D eigenvalue weighted by Gasteiger charge is -2.18. The standard InChI is InChI=1S/C12H18F2N2/c1-16(2)12-9(5-3-4-8-15)10(13)6-7-11(12)14/h6-7H,3-5,8,15H2,1-2H3. The number of halogens is 2. The second-order valence-electron chi connectivity index (χ2n) is 4.00. The van der Waals surface area contributed by atoms with E-state index in [1.807, 2.05) is 0 Å². The van der Waals surface area contributed by atoms with Gasteiger partial charge in [-0.1, -0.05) is 0 Å². The van der Waals surface area contributed by atoms with E-state index in [9.17, 15) is 8.78 Å². The van der Waals surface area contributed by atoms with Gasteiger partial charge in [0.2, 0.25) is 0 Å². The average molecular weight is 228 g/mol. The van der Waals surface area contributed by atoms with Crippen molar-refractivity contribution >= 4 is 5.69 Å². The molecule has 0 heterocycles. The van der Waals surface area contributed by atoms with Crippen molar-refractivity contribution in [2.45, 2.75) is 19.3 Å². The lowest BCUT2D eigenvalue weighted by molar-refractivity contribution is 0.578. The summed E-state index contributed by atoms with van der Waals surface area (Å²) in [4.78, 5) is 1.61. The van der Waals surface area contributed by atoms with Gasteiger partial charge in [0.15, 0.2) is 0 Å². The zero-order chi connectivity index (χ0) is 12.1. The first-order valence-electron chi connectivity index (χ1n) is 5.42. The van der Waals surface area contributed by atoms with Crippen LogP contribution < -0.4 is 10.6 Å². The number of hydrogen-bond acceptors (Lipinski definition) is 2. The fraction of sp³-hybridized carbons (Fsp3) is 0.500. The molecule has 0 bridgehead atoms. The molecule has 0 aromatic heterocycles. The fourth-order valence-electron chi connectivity index (χ4n) is 1.75. The second kappa shape index (κ2) is 5.80. The third kappa shape index (κ3) is 2.92. The minimum Gasteiger partial charge on any atom is -0.375 e. The molecule has 0 amide bonds. The normalized spacial score (nSPS) is 10.6. The van der Waals surface area contributed by atoms with Gasteiger partial charge in [0, 0.05) is 19.7 Å². The predicted molar refractivity (Wildman–Crippen MR) is 62.7 cm³/mol. The molecule has 16 heavy (non-hydrogen) atoms. The van der Waals surface area contributed by atoms with E-state index in [1.165, 1.54) is 6.07 Å². The highest BCUT2D eigenvalue weighted by atomic mass is 19.1. The Labute approximate surface area is 95.1 Å². The summed E-state index contributed by atoms with van der Waals surface area (Å²) in [7, 11) is 3.43. The summed E-state index contributed by atoms with van der Waals surface area (Å²) in [5, 5.41) is 0. The highest BCUT2D eigenvalue weighted by Crippen LogP contribution is 2.26. The van der Waals surface area contributed by atoms with E-state index in [0.29, 0.717) is 24.2 Å². The molecule has 0 aliphatic rings. The highest BCUT2D eigenvalue weighted by molar-refractivity contribution is 5.54. The largest absolute Gasteiger partial charge is 0.375 e. The van der Waals surface area contributed by atoms with Crippen LogP contribution in [0.1, 0.15) is 18.4 Å². The molecular formula is C12H18F2N2. The van der Waals surface area contributed by atoms with Gasteiger partial charge in [-0.3, -0.25) is 0 Å². The number of rotatable bonds is 5. The molecule has 0 unspecified atom stereocenters. The van der Waals surface area contributed by atoms with Crippen molar-refractivity contribution in [3.05, 3.63) is 29.3 Å². The Bertz CT molecular complexity index is 351. The van der Waals surface area contributed by atoms with Gasteiger partial charge in [-0.25, -0.2) is 8.78 Å². The van der Waals surface area contributed by atoms with Crippen molar-refractivity contribution in [3.8, 4) is 0 Å². The van der Waals surface area contributed by atoms with E-state index >= 15 is 0 Å². The summed E-state index contributed by atoms with van der Waals surface area (Å²) in [6.45, 7) is 0.578. The summed E-state index contributed by atoms with van der Waals surface area (Å²) >= 11 is 0. The van der Waals surface area contributed by atoms with E-state index in [1.54, 1.807) is 19.0 Å². The molecule has 0 atom stereocenters. The molecule has 0 saturated heterocycles. The zero-order valence-corrected chi connectivity index (χ0v) is 9.76. The Morgan fingerprint density at radius 1 is 1.12 bits per heavy atom. The second-order valence-corrected chi connectivity index (χ2v) is 4.00. The van der Waals surface area contributed by atoms with E-state index in [4.69, 9.17) is 5.73 Å². The summed E-state index contributed by atoms with van der Waals surface area (Å²) in [5.74, 6) is -0.726. The zero-order valence-electron chi connectivity index (χ0n) is 9.76. The molecule has 2 N–H and O–H groups in total. The number of hydrogen-bond donors (Lipinski definition) is 1. The van der Waals surface area contributed by atoms with Crippen LogP contribution in [0.5, 0.6) is 0 Å². The summed E-state index contributed by atoms with van der Waals surface area (Å²) < 4.78 is 27.2. The Balaban J connectivity index is 2.98. The summed E-state index contributed by atoms with van der Waals surface area (Å²) in [6, 6.07) is 2.34. The van der Waals surface area contributed by atoms with Gasteiger partial charge < -0.3 is 10.6 Å². The summed E-state index contributed by atoms with van der Waals surface area (Å²) in [5.41, 5.74) is 6.17. The van der Waals surface area contributed by atoms with Crippen LogP contribution in [0.15, 0.2) is 12.1 Å². The minimum absolute atomic E-state index is 0.344. The van der Waals surface area contributed by atoms with E-state index in [0.717, 1.165) is 18.9 Å². The molecule has 0 spiro atoms. The first-order valence-corrected chi connectivity index (χ1v) is 5.42. The van der Waals surface area contributed by atoms with E-state index < -0.39 is 0 Å². The van der Waals surface area contributed by atoms with Crippen LogP contribution in [0.3, 0.4) is 0 Å². The summed E-state index contributed by atoms with van der Waals surface area (Å²) in [6.07, 6.45) is 2.12. The van der Waals surface area contributed by atoms with E-state index in [-0.39, 0.29) is 11.6 Å². The topological polar surface area (TPSA) is 29.3 Å². The molecule has 4 heteroatoms. The maximum Gasteiger partial charge on any atom is 0.146 e. The van der Waals surface area contributed by atoms with Crippen LogP contribution in [0.4, 0.5) is 14.5 Å². The predicted octanol–water partition coefficient (Wildman–Crippen LogP) is 2.31. The van der Waals surface area contributed by atoms with Gasteiger partial charge in [-0.2, -0.15) is 0 Å². The molecule has 0 saturated carbocycles. The van der Waals surface area contributed by atoms with Gasteiger partial charge in [0.25, 0.3) is 0 Å². The smallest absolute Gasteiger partial charge is 0.146 e. The maximum absolute atomic E-state index is 13.6. The van der Waals surface area contributed by atoms with Gasteiger partial charge in [0.1, 0.15) is 11.6 Å². The van der Waals surface area contributed by atoms with Crippen molar-refractivity contribution in [2.75, 3.05) is 25.5 Å². The SMILES string of the molecule is CN(C)c1c(F)ccc(F)c1CCCCN. The maximum atomic E-state index is 13.6. The van der Waals surface area contributed by atoms with Gasteiger partial charge in [0.05, 0.1) is 5.69 Å². The van der Waals surface area contributed by atoms with Crippen molar-refractivity contribution in [2.24, 2.45) is 5.73 Å². The third-order valence-electron chi connectivity index (χ3n) is 2.50. The fourth-order valence-corrected chi connectivity index (χ4v) is 1.75. The molecule has 90 valence electrons. The molecule has 1 aromatic rings. The average Bonchev–Trinajstić information content (AvgIpc) is 2.23. The van der Waals surface area contributed by atoms with Crippen molar-refractivity contribution < 1.29 is 8.78 Å². The Morgan fingerprint density at radius 2 is 1.75 bits per heavy atom. The van der Waals surface area contributed by atoms with Crippen molar-refractivity contribution in [1.29, 1.82) is 0 Å². The third-order valence-corrected chi connectivity index (χ3v) is 2.50. The molecule has 1 aromatic carbocycles. The van der Waals surface area contributed by atoms with Crippen LogP contribution in [-0.2, 0) is 6.42 Å².